The molecule has 0 aliphatic heterocycles. The van der Waals surface area contributed by atoms with Crippen molar-refractivity contribution in [3.8, 4) is 0 Å². The van der Waals surface area contributed by atoms with Crippen LogP contribution in [0.3, 0.4) is 0 Å². The van der Waals surface area contributed by atoms with Gasteiger partial charge in [0.15, 0.2) is 0 Å². The van der Waals surface area contributed by atoms with Gasteiger partial charge in [-0.2, -0.15) is 0 Å². The summed E-state index contributed by atoms with van der Waals surface area (Å²) in [7, 11) is 0. The van der Waals surface area contributed by atoms with Crippen molar-refractivity contribution in [2.75, 3.05) is 0 Å². The Morgan fingerprint density at radius 2 is 2.33 bits per heavy atom. The third-order valence-electron chi connectivity index (χ3n) is 3.60. The molecule has 0 amide bonds. The van der Waals surface area contributed by atoms with Crippen LogP contribution in [0, 0.1) is 5.82 Å². The average Bonchev–Trinajstić information content (AvgIpc) is 2.86. The maximum Gasteiger partial charge on any atom is 0.147 e. The summed E-state index contributed by atoms with van der Waals surface area (Å²) < 4.78 is 13.7. The highest BCUT2D eigenvalue weighted by molar-refractivity contribution is 7.10. The highest BCUT2D eigenvalue weighted by atomic mass is 32.1. The summed E-state index contributed by atoms with van der Waals surface area (Å²) >= 11 is 1.73. The quantitative estimate of drug-likeness (QED) is 0.900. The molecule has 18 heavy (non-hydrogen) atoms. The monoisotopic (exact) mass is 263 g/mol. The Labute approximate surface area is 109 Å². The number of hydrogen-bond donors (Lipinski definition) is 1. The molecule has 2 aromatic heterocycles. The number of pyridine rings is 1. The summed E-state index contributed by atoms with van der Waals surface area (Å²) in [4.78, 5) is 5.06. The topological polar surface area (TPSA) is 33.1 Å². The van der Waals surface area contributed by atoms with Gasteiger partial charge in [0.05, 0.1) is 12.3 Å². The van der Waals surface area contributed by atoms with Gasteiger partial charge >= 0.3 is 0 Å². The van der Waals surface area contributed by atoms with Crippen molar-refractivity contribution in [2.45, 2.75) is 31.3 Å². The van der Waals surface area contributed by atoms with Crippen LogP contribution in [0.2, 0.25) is 0 Å². The van der Waals surface area contributed by atoms with Crippen LogP contribution in [0.1, 0.15) is 40.9 Å². The van der Waals surface area contributed by atoms with Gasteiger partial charge in [-0.05, 0) is 42.3 Å². The molecule has 2 aromatic rings. The first kappa shape index (κ1) is 11.8. The molecule has 0 radical (unpaired) electrons. The molecule has 1 aliphatic rings. The zero-order valence-corrected chi connectivity index (χ0v) is 10.7. The number of nitrogens with zero attached hydrogens (tertiary/aromatic N) is 1. The normalized spacial score (nSPS) is 20.4. The molecule has 1 aliphatic carbocycles. The standard InChI is InChI=1S/C14H14FNOS/c15-12-8-16-6-4-11(12)14(17)10-2-1-3-13-9(10)5-7-18-13/h4-8,10,14,17H,1-3H2. The number of hydrogen-bond acceptors (Lipinski definition) is 3. The summed E-state index contributed by atoms with van der Waals surface area (Å²) in [5.41, 5.74) is 1.55. The highest BCUT2D eigenvalue weighted by Crippen LogP contribution is 2.42. The van der Waals surface area contributed by atoms with Crippen molar-refractivity contribution in [2.24, 2.45) is 0 Å². The van der Waals surface area contributed by atoms with Gasteiger partial charge in [0.1, 0.15) is 5.82 Å². The van der Waals surface area contributed by atoms with Gasteiger partial charge in [-0.3, -0.25) is 4.98 Å². The molecule has 2 heterocycles. The fourth-order valence-electron chi connectivity index (χ4n) is 2.69. The van der Waals surface area contributed by atoms with Crippen LogP contribution in [0.25, 0.3) is 0 Å². The van der Waals surface area contributed by atoms with Gasteiger partial charge in [-0.25, -0.2) is 4.39 Å². The van der Waals surface area contributed by atoms with Crippen molar-refractivity contribution >= 4 is 11.3 Å². The van der Waals surface area contributed by atoms with E-state index in [1.165, 1.54) is 16.6 Å². The Hall–Kier alpha value is -1.26. The van der Waals surface area contributed by atoms with Crippen LogP contribution in [0.4, 0.5) is 4.39 Å². The molecule has 3 rings (SSSR count). The number of rotatable bonds is 2. The molecule has 0 bridgehead atoms. The lowest BCUT2D eigenvalue weighted by atomic mass is 9.81. The van der Waals surface area contributed by atoms with Crippen LogP contribution in [0.5, 0.6) is 0 Å². The van der Waals surface area contributed by atoms with E-state index in [2.05, 4.69) is 16.4 Å². The van der Waals surface area contributed by atoms with Gasteiger partial charge in [0.25, 0.3) is 0 Å². The van der Waals surface area contributed by atoms with Crippen LogP contribution >= 0.6 is 11.3 Å². The van der Waals surface area contributed by atoms with E-state index >= 15 is 0 Å². The number of aliphatic hydroxyl groups excluding tert-OH is 1. The van der Waals surface area contributed by atoms with E-state index in [9.17, 15) is 9.50 Å². The highest BCUT2D eigenvalue weighted by Gasteiger charge is 2.29. The predicted molar refractivity (Wildman–Crippen MR) is 69.2 cm³/mol. The van der Waals surface area contributed by atoms with E-state index < -0.39 is 11.9 Å². The second-order valence-electron chi connectivity index (χ2n) is 4.64. The van der Waals surface area contributed by atoms with Crippen LogP contribution in [0.15, 0.2) is 29.9 Å². The Kier molecular flexibility index (Phi) is 3.14. The molecule has 2 nitrogen and oxygen atoms in total. The third kappa shape index (κ3) is 1.95. The summed E-state index contributed by atoms with van der Waals surface area (Å²) in [6.07, 6.45) is 4.96. The minimum Gasteiger partial charge on any atom is -0.388 e. The predicted octanol–water partition coefficient (Wildman–Crippen LogP) is 3.44. The number of thiophene rings is 1. The Bertz CT molecular complexity index is 554. The smallest absolute Gasteiger partial charge is 0.147 e. The van der Waals surface area contributed by atoms with Gasteiger partial charge in [0, 0.05) is 22.6 Å². The molecule has 0 fully saturated rings. The first-order valence-electron chi connectivity index (χ1n) is 6.11. The van der Waals surface area contributed by atoms with E-state index in [1.54, 1.807) is 17.4 Å². The van der Waals surface area contributed by atoms with E-state index in [-0.39, 0.29) is 5.92 Å². The summed E-state index contributed by atoms with van der Waals surface area (Å²) in [5.74, 6) is -0.413. The molecular weight excluding hydrogens is 249 g/mol. The molecule has 4 heteroatoms. The lowest BCUT2D eigenvalue weighted by Gasteiger charge is -2.27. The van der Waals surface area contributed by atoms with E-state index in [1.807, 2.05) is 0 Å². The van der Waals surface area contributed by atoms with E-state index in [4.69, 9.17) is 0 Å². The second kappa shape index (κ2) is 4.78. The summed E-state index contributed by atoms with van der Waals surface area (Å²) in [5, 5.41) is 12.5. The second-order valence-corrected chi connectivity index (χ2v) is 5.64. The molecule has 0 aromatic carbocycles. The minimum absolute atomic E-state index is 0.0110. The molecule has 2 unspecified atom stereocenters. The first-order valence-corrected chi connectivity index (χ1v) is 6.99. The maximum absolute atomic E-state index is 13.7. The third-order valence-corrected chi connectivity index (χ3v) is 4.60. The Morgan fingerprint density at radius 3 is 3.17 bits per heavy atom. The van der Waals surface area contributed by atoms with Gasteiger partial charge < -0.3 is 5.11 Å². The van der Waals surface area contributed by atoms with E-state index in [0.717, 1.165) is 25.5 Å². The SMILES string of the molecule is OC(c1ccncc1F)C1CCCc2sccc21. The molecule has 0 spiro atoms. The Morgan fingerprint density at radius 1 is 1.44 bits per heavy atom. The fraction of sp³-hybridized carbons (Fsp3) is 0.357. The van der Waals surface area contributed by atoms with Crippen molar-refractivity contribution in [1.82, 2.24) is 4.98 Å². The van der Waals surface area contributed by atoms with Crippen molar-refractivity contribution < 1.29 is 9.50 Å². The minimum atomic E-state index is -0.776. The molecule has 2 atom stereocenters. The molecule has 0 saturated carbocycles. The number of aliphatic hydroxyl groups is 1. The summed E-state index contributed by atoms with van der Waals surface area (Å²) in [6.45, 7) is 0. The Balaban J connectivity index is 1.95. The zero-order valence-electron chi connectivity index (χ0n) is 9.84. The summed E-state index contributed by atoms with van der Waals surface area (Å²) in [6, 6.07) is 3.63. The fourth-order valence-corrected chi connectivity index (χ4v) is 3.69. The number of aryl methyl sites for hydroxylation is 1. The van der Waals surface area contributed by atoms with Gasteiger partial charge in [-0.15, -0.1) is 11.3 Å². The first-order chi connectivity index (χ1) is 8.77. The van der Waals surface area contributed by atoms with Crippen LogP contribution in [-0.2, 0) is 6.42 Å². The number of fused-ring (bicyclic) bond motifs is 1. The van der Waals surface area contributed by atoms with Crippen molar-refractivity contribution in [3.05, 3.63) is 51.7 Å². The molecule has 0 saturated heterocycles. The largest absolute Gasteiger partial charge is 0.388 e. The maximum atomic E-state index is 13.7. The average molecular weight is 263 g/mol. The lowest BCUT2D eigenvalue weighted by molar-refractivity contribution is 0.132. The number of aromatic nitrogens is 1. The van der Waals surface area contributed by atoms with Crippen LogP contribution < -0.4 is 0 Å². The lowest BCUT2D eigenvalue weighted by Crippen LogP contribution is -2.16. The van der Waals surface area contributed by atoms with Crippen molar-refractivity contribution in [3.63, 3.8) is 0 Å². The molecule has 94 valence electrons. The van der Waals surface area contributed by atoms with Crippen molar-refractivity contribution in [1.29, 1.82) is 0 Å². The molecule has 1 N–H and O–H groups in total. The van der Waals surface area contributed by atoms with E-state index in [0.29, 0.717) is 5.56 Å². The van der Waals surface area contributed by atoms with Gasteiger partial charge in [0.2, 0.25) is 0 Å². The zero-order chi connectivity index (χ0) is 12.5. The van der Waals surface area contributed by atoms with Crippen LogP contribution in [-0.4, -0.2) is 10.1 Å². The number of halogens is 1. The molecular formula is C14H14FNOS. The van der Waals surface area contributed by atoms with Gasteiger partial charge in [-0.1, -0.05) is 0 Å².